The predicted octanol–water partition coefficient (Wildman–Crippen LogP) is 4.84. The van der Waals surface area contributed by atoms with Crippen LogP contribution < -0.4 is 5.73 Å². The molecule has 0 aliphatic carbocycles. The molecule has 0 radical (unpaired) electrons. The number of allylic oxidation sites excluding steroid dienone is 1. The second-order valence-electron chi connectivity index (χ2n) is 6.17. The summed E-state index contributed by atoms with van der Waals surface area (Å²) in [5, 5.41) is 18.4. The monoisotopic (exact) mass is 299 g/mol. The predicted molar refractivity (Wildman–Crippen MR) is 91.5 cm³/mol. The molecule has 4 N–H and O–H groups in total. The first-order valence-corrected chi connectivity index (χ1v) is 8.95. The van der Waals surface area contributed by atoms with Gasteiger partial charge in [-0.2, -0.15) is 0 Å². The molecule has 0 bridgehead atoms. The number of aliphatic hydroxyl groups is 2. The van der Waals surface area contributed by atoms with Gasteiger partial charge in [-0.05, 0) is 18.9 Å². The van der Waals surface area contributed by atoms with Crippen LogP contribution in [0, 0.1) is 0 Å². The van der Waals surface area contributed by atoms with Crippen molar-refractivity contribution in [3.63, 3.8) is 0 Å². The van der Waals surface area contributed by atoms with Crippen LogP contribution in [-0.4, -0.2) is 22.9 Å². The first kappa shape index (κ1) is 20.5. The molecule has 0 aliphatic rings. The van der Waals surface area contributed by atoms with Gasteiger partial charge < -0.3 is 15.9 Å². The summed E-state index contributed by atoms with van der Waals surface area (Å²) < 4.78 is 0. The minimum atomic E-state index is -0.335. The van der Waals surface area contributed by atoms with Crippen molar-refractivity contribution in [1.29, 1.82) is 0 Å². The molecule has 0 saturated heterocycles. The molecule has 0 aromatic rings. The van der Waals surface area contributed by atoms with E-state index in [1.54, 1.807) is 0 Å². The van der Waals surface area contributed by atoms with E-state index in [1.165, 1.54) is 64.2 Å². The van der Waals surface area contributed by atoms with Crippen molar-refractivity contribution in [2.45, 2.75) is 96.4 Å². The van der Waals surface area contributed by atoms with Crippen LogP contribution in [0.25, 0.3) is 0 Å². The highest BCUT2D eigenvalue weighted by atomic mass is 16.3. The van der Waals surface area contributed by atoms with Crippen molar-refractivity contribution in [3.05, 3.63) is 11.8 Å². The van der Waals surface area contributed by atoms with Crippen molar-refractivity contribution >= 4 is 0 Å². The first-order valence-electron chi connectivity index (χ1n) is 8.95. The van der Waals surface area contributed by atoms with E-state index in [0.29, 0.717) is 12.2 Å². The standard InChI is InChI=1S/C18H37NO2/c1-2-3-4-5-6-7-8-9-10-11-12-13-14-18(21)15-17(19)16-20/h14,17,20-21H,2-13,15-16,19H2,1H3. The Morgan fingerprint density at radius 2 is 1.38 bits per heavy atom. The molecule has 0 fully saturated rings. The minimum absolute atomic E-state index is 0.0731. The second kappa shape index (κ2) is 15.8. The van der Waals surface area contributed by atoms with Crippen LogP contribution in [0.15, 0.2) is 11.8 Å². The highest BCUT2D eigenvalue weighted by Gasteiger charge is 2.02. The molecular formula is C18H37NO2. The molecule has 1 atom stereocenters. The van der Waals surface area contributed by atoms with E-state index >= 15 is 0 Å². The summed E-state index contributed by atoms with van der Waals surface area (Å²) in [5.74, 6) is 0.323. The molecule has 3 heteroatoms. The Bertz CT molecular complexity index is 241. The van der Waals surface area contributed by atoms with Crippen molar-refractivity contribution in [3.8, 4) is 0 Å². The Morgan fingerprint density at radius 3 is 1.86 bits per heavy atom. The molecular weight excluding hydrogens is 262 g/mol. The van der Waals surface area contributed by atoms with Gasteiger partial charge in [-0.1, -0.05) is 71.1 Å². The lowest BCUT2D eigenvalue weighted by Gasteiger charge is -2.06. The van der Waals surface area contributed by atoms with Gasteiger partial charge in [0, 0.05) is 12.5 Å². The fourth-order valence-electron chi connectivity index (χ4n) is 2.49. The van der Waals surface area contributed by atoms with Gasteiger partial charge in [0.1, 0.15) is 0 Å². The molecule has 0 aromatic heterocycles. The van der Waals surface area contributed by atoms with Crippen LogP contribution in [-0.2, 0) is 0 Å². The summed E-state index contributed by atoms with van der Waals surface area (Å²) in [7, 11) is 0. The van der Waals surface area contributed by atoms with Gasteiger partial charge in [-0.25, -0.2) is 0 Å². The van der Waals surface area contributed by atoms with Crippen molar-refractivity contribution in [2.75, 3.05) is 6.61 Å². The van der Waals surface area contributed by atoms with Crippen molar-refractivity contribution in [2.24, 2.45) is 5.73 Å². The second-order valence-corrected chi connectivity index (χ2v) is 6.17. The molecule has 3 nitrogen and oxygen atoms in total. The number of nitrogens with two attached hydrogens (primary N) is 1. The van der Waals surface area contributed by atoms with Crippen LogP contribution in [0.1, 0.15) is 90.4 Å². The quantitative estimate of drug-likeness (QED) is 0.299. The molecule has 0 aromatic carbocycles. The van der Waals surface area contributed by atoms with Crippen molar-refractivity contribution in [1.82, 2.24) is 0 Å². The fraction of sp³-hybridized carbons (Fsp3) is 0.889. The Balaban J connectivity index is 3.23. The highest BCUT2D eigenvalue weighted by molar-refractivity contribution is 4.93. The number of hydrogen-bond acceptors (Lipinski definition) is 3. The Labute approximate surface area is 131 Å². The van der Waals surface area contributed by atoms with Gasteiger partial charge in [0.2, 0.25) is 0 Å². The molecule has 126 valence electrons. The maximum Gasteiger partial charge on any atom is 0.0899 e. The molecule has 0 amide bonds. The zero-order valence-corrected chi connectivity index (χ0v) is 14.0. The van der Waals surface area contributed by atoms with E-state index < -0.39 is 0 Å². The zero-order chi connectivity index (χ0) is 15.8. The maximum atomic E-state index is 9.58. The van der Waals surface area contributed by atoms with Crippen LogP contribution in [0.3, 0.4) is 0 Å². The lowest BCUT2D eigenvalue weighted by atomic mass is 10.0. The summed E-state index contributed by atoms with van der Waals surface area (Å²) in [4.78, 5) is 0. The van der Waals surface area contributed by atoms with Gasteiger partial charge in [-0.15, -0.1) is 0 Å². The van der Waals surface area contributed by atoms with Gasteiger partial charge in [0.25, 0.3) is 0 Å². The minimum Gasteiger partial charge on any atom is -0.513 e. The van der Waals surface area contributed by atoms with Gasteiger partial charge in [-0.3, -0.25) is 0 Å². The van der Waals surface area contributed by atoms with Gasteiger partial charge >= 0.3 is 0 Å². The third-order valence-electron chi connectivity index (χ3n) is 3.89. The van der Waals surface area contributed by atoms with Crippen LogP contribution in [0.5, 0.6) is 0 Å². The van der Waals surface area contributed by atoms with E-state index in [9.17, 15) is 5.11 Å². The summed E-state index contributed by atoms with van der Waals surface area (Å²) in [6.45, 7) is 2.19. The van der Waals surface area contributed by atoms with Gasteiger partial charge in [0.15, 0.2) is 0 Å². The molecule has 0 aliphatic heterocycles. The summed E-state index contributed by atoms with van der Waals surface area (Å²) in [6.07, 6.45) is 17.9. The van der Waals surface area contributed by atoms with E-state index in [2.05, 4.69) is 6.92 Å². The molecule has 0 saturated carbocycles. The molecule has 0 spiro atoms. The van der Waals surface area contributed by atoms with Crippen molar-refractivity contribution < 1.29 is 10.2 Å². The summed E-state index contributed by atoms with van der Waals surface area (Å²) in [6, 6.07) is -0.335. The molecule has 21 heavy (non-hydrogen) atoms. The number of unbranched alkanes of at least 4 members (excludes halogenated alkanes) is 11. The Hall–Kier alpha value is -0.540. The number of rotatable bonds is 15. The Morgan fingerprint density at radius 1 is 0.905 bits per heavy atom. The van der Waals surface area contributed by atoms with E-state index in [4.69, 9.17) is 10.8 Å². The fourth-order valence-corrected chi connectivity index (χ4v) is 2.49. The number of hydrogen-bond donors (Lipinski definition) is 3. The summed E-state index contributed by atoms with van der Waals surface area (Å²) >= 11 is 0. The van der Waals surface area contributed by atoms with E-state index in [0.717, 1.165) is 12.8 Å². The normalized spacial score (nSPS) is 13.6. The average molecular weight is 299 g/mol. The van der Waals surface area contributed by atoms with Crippen LogP contribution in [0.4, 0.5) is 0 Å². The van der Waals surface area contributed by atoms with E-state index in [-0.39, 0.29) is 12.6 Å². The molecule has 1 unspecified atom stereocenters. The third-order valence-corrected chi connectivity index (χ3v) is 3.89. The lowest BCUT2D eigenvalue weighted by molar-refractivity contribution is 0.251. The summed E-state index contributed by atoms with van der Waals surface area (Å²) in [5.41, 5.74) is 5.56. The van der Waals surface area contributed by atoms with Gasteiger partial charge in [0.05, 0.1) is 12.4 Å². The highest BCUT2D eigenvalue weighted by Crippen LogP contribution is 2.12. The van der Waals surface area contributed by atoms with Crippen LogP contribution in [0.2, 0.25) is 0 Å². The smallest absolute Gasteiger partial charge is 0.0899 e. The van der Waals surface area contributed by atoms with E-state index in [1.807, 2.05) is 6.08 Å². The lowest BCUT2D eigenvalue weighted by Crippen LogP contribution is -2.24. The zero-order valence-electron chi connectivity index (χ0n) is 14.0. The van der Waals surface area contributed by atoms with Crippen LogP contribution >= 0.6 is 0 Å². The molecule has 0 heterocycles. The number of aliphatic hydroxyl groups excluding tert-OH is 2. The third kappa shape index (κ3) is 15.7. The largest absolute Gasteiger partial charge is 0.513 e. The maximum absolute atomic E-state index is 9.58. The SMILES string of the molecule is CCCCCCCCCCCCCC=C(O)CC(N)CO. The first-order chi connectivity index (χ1) is 10.2. The average Bonchev–Trinajstić information content (AvgIpc) is 2.48. The Kier molecular flexibility index (Phi) is 15.4. The molecule has 0 rings (SSSR count). The topological polar surface area (TPSA) is 66.5 Å².